The van der Waals surface area contributed by atoms with Crippen molar-refractivity contribution in [2.45, 2.75) is 25.3 Å². The van der Waals surface area contributed by atoms with E-state index in [4.69, 9.17) is 5.73 Å². The van der Waals surface area contributed by atoms with Crippen LogP contribution in [-0.2, 0) is 6.54 Å². The van der Waals surface area contributed by atoms with Crippen molar-refractivity contribution in [2.24, 2.45) is 0 Å². The lowest BCUT2D eigenvalue weighted by Gasteiger charge is -2.04. The zero-order valence-corrected chi connectivity index (χ0v) is 11.4. The van der Waals surface area contributed by atoms with Gasteiger partial charge in [-0.25, -0.2) is 4.68 Å². The van der Waals surface area contributed by atoms with Crippen molar-refractivity contribution >= 4 is 21.6 Å². The van der Waals surface area contributed by atoms with Gasteiger partial charge in [-0.15, -0.1) is 0 Å². The molecule has 0 saturated heterocycles. The van der Waals surface area contributed by atoms with Crippen molar-refractivity contribution in [3.8, 4) is 0 Å². The first-order valence-corrected chi connectivity index (χ1v) is 6.77. The highest BCUT2D eigenvalue weighted by atomic mass is 79.9. The molecule has 0 aliphatic heterocycles. The summed E-state index contributed by atoms with van der Waals surface area (Å²) < 4.78 is 2.58. The first-order valence-electron chi connectivity index (χ1n) is 5.98. The minimum absolute atomic E-state index is 0.118. The van der Waals surface area contributed by atoms with E-state index in [9.17, 15) is 4.79 Å². The maximum absolute atomic E-state index is 12.0. The van der Waals surface area contributed by atoms with E-state index in [1.807, 2.05) is 24.3 Å². The van der Waals surface area contributed by atoms with Crippen LogP contribution in [0.5, 0.6) is 0 Å². The number of nitrogens with two attached hydrogens (primary N) is 1. The molecule has 0 unspecified atom stereocenters. The van der Waals surface area contributed by atoms with Gasteiger partial charge < -0.3 is 5.73 Å². The van der Waals surface area contributed by atoms with E-state index >= 15 is 0 Å². The SMILES string of the molecule is Nc1c(C2CC2)[nH]n(Cc2ccccc2Br)c1=O. The van der Waals surface area contributed by atoms with E-state index in [1.54, 1.807) is 4.68 Å². The second-order valence-electron chi connectivity index (χ2n) is 4.70. The normalized spacial score (nSPS) is 14.9. The third-order valence-corrected chi connectivity index (χ3v) is 4.07. The Morgan fingerprint density at radius 3 is 2.78 bits per heavy atom. The van der Waals surface area contributed by atoms with Crippen LogP contribution in [0.15, 0.2) is 33.5 Å². The standard InChI is InChI=1S/C13H14BrN3O/c14-10-4-2-1-3-9(10)7-17-13(18)11(15)12(16-17)8-5-6-8/h1-4,8,16H,5-7,15H2. The number of nitrogens with one attached hydrogen (secondary N) is 1. The van der Waals surface area contributed by atoms with Gasteiger partial charge in [0, 0.05) is 10.4 Å². The predicted molar refractivity (Wildman–Crippen MR) is 74.7 cm³/mol. The minimum Gasteiger partial charge on any atom is -0.393 e. The molecule has 1 fully saturated rings. The van der Waals surface area contributed by atoms with E-state index in [1.165, 1.54) is 0 Å². The van der Waals surface area contributed by atoms with Crippen LogP contribution in [-0.4, -0.2) is 9.78 Å². The summed E-state index contributed by atoms with van der Waals surface area (Å²) in [6.45, 7) is 0.511. The van der Waals surface area contributed by atoms with Crippen LogP contribution in [0, 0.1) is 0 Å². The average molecular weight is 308 g/mol. The Morgan fingerprint density at radius 1 is 1.39 bits per heavy atom. The summed E-state index contributed by atoms with van der Waals surface area (Å²) in [6, 6.07) is 7.87. The molecule has 1 saturated carbocycles. The summed E-state index contributed by atoms with van der Waals surface area (Å²) in [6.07, 6.45) is 2.25. The number of halogens is 1. The Morgan fingerprint density at radius 2 is 2.11 bits per heavy atom. The molecular weight excluding hydrogens is 294 g/mol. The van der Waals surface area contributed by atoms with Gasteiger partial charge >= 0.3 is 0 Å². The van der Waals surface area contributed by atoms with E-state index in [0.29, 0.717) is 18.2 Å². The van der Waals surface area contributed by atoms with Gasteiger partial charge in [0.2, 0.25) is 0 Å². The highest BCUT2D eigenvalue weighted by molar-refractivity contribution is 9.10. The topological polar surface area (TPSA) is 63.8 Å². The number of benzene rings is 1. The fourth-order valence-corrected chi connectivity index (χ4v) is 2.52. The van der Waals surface area contributed by atoms with Crippen molar-refractivity contribution in [1.82, 2.24) is 9.78 Å². The molecule has 0 atom stereocenters. The van der Waals surface area contributed by atoms with Gasteiger partial charge in [-0.3, -0.25) is 9.89 Å². The monoisotopic (exact) mass is 307 g/mol. The van der Waals surface area contributed by atoms with Gasteiger partial charge in [0.05, 0.1) is 12.2 Å². The molecule has 1 aliphatic rings. The number of anilines is 1. The fraction of sp³-hybridized carbons (Fsp3) is 0.308. The van der Waals surface area contributed by atoms with Crippen molar-refractivity contribution in [2.75, 3.05) is 5.73 Å². The number of rotatable bonds is 3. The summed E-state index contributed by atoms with van der Waals surface area (Å²) in [5.41, 5.74) is 8.09. The van der Waals surface area contributed by atoms with Gasteiger partial charge in [-0.05, 0) is 24.5 Å². The van der Waals surface area contributed by atoms with Crippen LogP contribution in [0.3, 0.4) is 0 Å². The molecule has 1 heterocycles. The molecule has 1 aliphatic carbocycles. The Hall–Kier alpha value is -1.49. The second-order valence-corrected chi connectivity index (χ2v) is 5.55. The molecule has 4 nitrogen and oxygen atoms in total. The molecule has 1 aromatic carbocycles. The molecular formula is C13H14BrN3O. The van der Waals surface area contributed by atoms with Gasteiger partial charge in [-0.2, -0.15) is 0 Å². The van der Waals surface area contributed by atoms with E-state index in [-0.39, 0.29) is 5.56 Å². The smallest absolute Gasteiger partial charge is 0.290 e. The second kappa shape index (κ2) is 4.31. The first-order chi connectivity index (χ1) is 8.66. The maximum Gasteiger partial charge on any atom is 0.290 e. The van der Waals surface area contributed by atoms with Gasteiger partial charge in [0.1, 0.15) is 5.69 Å². The number of aromatic nitrogens is 2. The summed E-state index contributed by atoms with van der Waals surface area (Å²) in [5.74, 6) is 0.457. The lowest BCUT2D eigenvalue weighted by molar-refractivity contribution is 0.650. The van der Waals surface area contributed by atoms with Gasteiger partial charge in [-0.1, -0.05) is 34.1 Å². The van der Waals surface area contributed by atoms with E-state index < -0.39 is 0 Å². The zero-order chi connectivity index (χ0) is 12.7. The van der Waals surface area contributed by atoms with Crippen LogP contribution in [0.2, 0.25) is 0 Å². The van der Waals surface area contributed by atoms with Crippen LogP contribution in [0.25, 0.3) is 0 Å². The third-order valence-electron chi connectivity index (χ3n) is 3.29. The number of aromatic amines is 1. The molecule has 1 aromatic heterocycles. The maximum atomic E-state index is 12.0. The van der Waals surface area contributed by atoms with Gasteiger partial charge in [0.15, 0.2) is 0 Å². The molecule has 18 heavy (non-hydrogen) atoms. The van der Waals surface area contributed by atoms with Crippen molar-refractivity contribution in [3.63, 3.8) is 0 Å². The summed E-state index contributed by atoms with van der Waals surface area (Å²) in [5, 5.41) is 3.15. The Labute approximate surface area is 113 Å². The number of nitrogens with zero attached hydrogens (tertiary/aromatic N) is 1. The van der Waals surface area contributed by atoms with Crippen LogP contribution >= 0.6 is 15.9 Å². The molecule has 3 N–H and O–H groups in total. The lowest BCUT2D eigenvalue weighted by Crippen LogP contribution is -2.19. The summed E-state index contributed by atoms with van der Waals surface area (Å²) >= 11 is 3.48. The molecule has 0 bridgehead atoms. The first kappa shape index (κ1) is 11.6. The fourth-order valence-electron chi connectivity index (χ4n) is 2.11. The molecule has 0 spiro atoms. The molecule has 94 valence electrons. The molecule has 2 aromatic rings. The molecule has 0 radical (unpaired) electrons. The van der Waals surface area contributed by atoms with E-state index in [2.05, 4.69) is 21.0 Å². The zero-order valence-electron chi connectivity index (χ0n) is 9.82. The Bertz CT molecular complexity index is 640. The van der Waals surface area contributed by atoms with Crippen LogP contribution in [0.4, 0.5) is 5.69 Å². The Kier molecular flexibility index (Phi) is 2.78. The predicted octanol–water partition coefficient (Wildman–Crippen LogP) is 2.45. The summed E-state index contributed by atoms with van der Waals surface area (Å²) in [4.78, 5) is 12.0. The minimum atomic E-state index is -0.118. The van der Waals surface area contributed by atoms with Crippen molar-refractivity contribution in [1.29, 1.82) is 0 Å². The Balaban J connectivity index is 1.96. The summed E-state index contributed by atoms with van der Waals surface area (Å²) in [7, 11) is 0. The number of hydrogen-bond donors (Lipinski definition) is 2. The van der Waals surface area contributed by atoms with Crippen LogP contribution in [0.1, 0.15) is 30.0 Å². The highest BCUT2D eigenvalue weighted by Crippen LogP contribution is 2.40. The average Bonchev–Trinajstić information content (AvgIpc) is 3.15. The molecule has 5 heteroatoms. The quantitative estimate of drug-likeness (QED) is 0.915. The van der Waals surface area contributed by atoms with E-state index in [0.717, 1.165) is 28.6 Å². The number of hydrogen-bond acceptors (Lipinski definition) is 2. The van der Waals surface area contributed by atoms with Gasteiger partial charge in [0.25, 0.3) is 5.56 Å². The highest BCUT2D eigenvalue weighted by Gasteiger charge is 2.29. The van der Waals surface area contributed by atoms with Crippen molar-refractivity contribution < 1.29 is 0 Å². The molecule has 0 amide bonds. The lowest BCUT2D eigenvalue weighted by atomic mass is 10.2. The number of H-pyrrole nitrogens is 1. The third kappa shape index (κ3) is 1.99. The largest absolute Gasteiger partial charge is 0.393 e. The molecule has 3 rings (SSSR count). The van der Waals surface area contributed by atoms with Crippen molar-refractivity contribution in [3.05, 3.63) is 50.3 Å². The van der Waals surface area contributed by atoms with Crippen LogP contribution < -0.4 is 11.3 Å². The number of nitrogen functional groups attached to an aromatic ring is 1.